The number of hydrogen-bond donors (Lipinski definition) is 3. The zero-order valence-corrected chi connectivity index (χ0v) is 14.4. The summed E-state index contributed by atoms with van der Waals surface area (Å²) in [7, 11) is 0. The lowest BCUT2D eigenvalue weighted by atomic mass is 10.2. The smallest absolute Gasteiger partial charge is 0.267 e. The first-order valence-electron chi connectivity index (χ1n) is 6.59. The Balaban J connectivity index is 2.13. The minimum atomic E-state index is -0.615. The third-order valence-electron chi connectivity index (χ3n) is 2.93. The van der Waals surface area contributed by atoms with E-state index in [4.69, 9.17) is 45.8 Å². The normalized spacial score (nSPS) is 10.8. The Kier molecular flexibility index (Phi) is 5.93. The van der Waals surface area contributed by atoms with Crippen LogP contribution >= 0.6 is 34.8 Å². The minimum absolute atomic E-state index is 0.144. The Morgan fingerprint density at radius 3 is 2.50 bits per heavy atom. The Hall–Kier alpha value is -2.39. The van der Waals surface area contributed by atoms with Gasteiger partial charge in [-0.15, -0.1) is 0 Å². The molecule has 0 radical (unpaired) electrons. The van der Waals surface area contributed by atoms with Gasteiger partial charge in [-0.2, -0.15) is 5.26 Å². The van der Waals surface area contributed by atoms with Gasteiger partial charge in [0.2, 0.25) is 0 Å². The highest BCUT2D eigenvalue weighted by molar-refractivity contribution is 6.37. The van der Waals surface area contributed by atoms with Crippen molar-refractivity contribution >= 4 is 57.8 Å². The minimum Gasteiger partial charge on any atom is -0.398 e. The number of nitrogens with zero attached hydrogens (tertiary/aromatic N) is 1. The highest BCUT2D eigenvalue weighted by Gasteiger charge is 2.11. The third kappa shape index (κ3) is 4.56. The molecule has 0 saturated carbocycles. The maximum atomic E-state index is 12.1. The molecule has 0 aliphatic carbocycles. The van der Waals surface area contributed by atoms with Crippen LogP contribution in [0.2, 0.25) is 15.1 Å². The summed E-state index contributed by atoms with van der Waals surface area (Å²) < 4.78 is 0. The van der Waals surface area contributed by atoms with Crippen molar-refractivity contribution in [3.63, 3.8) is 0 Å². The molecule has 0 aliphatic rings. The SMILES string of the molecule is N#C/C(=C/Nc1ccc(N)c(Cl)c1)C(=O)Nc1ccc(Cl)cc1Cl. The van der Waals surface area contributed by atoms with Crippen molar-refractivity contribution in [2.45, 2.75) is 0 Å². The molecule has 0 aromatic heterocycles. The van der Waals surface area contributed by atoms with Crippen LogP contribution in [-0.2, 0) is 4.79 Å². The number of halogens is 3. The number of rotatable bonds is 4. The maximum absolute atomic E-state index is 12.1. The Labute approximate surface area is 153 Å². The molecule has 4 N–H and O–H groups in total. The van der Waals surface area contributed by atoms with E-state index in [2.05, 4.69) is 10.6 Å². The van der Waals surface area contributed by atoms with Crippen molar-refractivity contribution in [3.8, 4) is 6.07 Å². The average molecular weight is 382 g/mol. The monoisotopic (exact) mass is 380 g/mol. The van der Waals surface area contributed by atoms with E-state index in [-0.39, 0.29) is 10.6 Å². The molecule has 2 rings (SSSR count). The van der Waals surface area contributed by atoms with Gasteiger partial charge < -0.3 is 16.4 Å². The Morgan fingerprint density at radius 2 is 1.88 bits per heavy atom. The fraction of sp³-hybridized carbons (Fsp3) is 0. The predicted molar refractivity (Wildman–Crippen MR) is 98.3 cm³/mol. The zero-order valence-electron chi connectivity index (χ0n) is 12.1. The highest BCUT2D eigenvalue weighted by atomic mass is 35.5. The van der Waals surface area contributed by atoms with E-state index in [1.807, 2.05) is 6.07 Å². The molecular weight excluding hydrogens is 371 g/mol. The lowest BCUT2D eigenvalue weighted by Gasteiger charge is -2.08. The van der Waals surface area contributed by atoms with Gasteiger partial charge in [0.25, 0.3) is 5.91 Å². The van der Waals surface area contributed by atoms with Gasteiger partial charge in [-0.05, 0) is 36.4 Å². The maximum Gasteiger partial charge on any atom is 0.267 e. The Morgan fingerprint density at radius 1 is 1.12 bits per heavy atom. The van der Waals surface area contributed by atoms with Gasteiger partial charge >= 0.3 is 0 Å². The number of carbonyl (C=O) groups excluding carboxylic acids is 1. The quantitative estimate of drug-likeness (QED) is 0.407. The second-order valence-corrected chi connectivity index (χ2v) is 5.88. The van der Waals surface area contributed by atoms with Crippen molar-refractivity contribution < 1.29 is 4.79 Å². The zero-order chi connectivity index (χ0) is 17.7. The number of benzene rings is 2. The van der Waals surface area contributed by atoms with Gasteiger partial charge in [0.05, 0.1) is 21.4 Å². The number of anilines is 3. The number of hydrogen-bond acceptors (Lipinski definition) is 4. The molecule has 8 heteroatoms. The van der Waals surface area contributed by atoms with Crippen molar-refractivity contribution in [2.75, 3.05) is 16.4 Å². The topological polar surface area (TPSA) is 90.9 Å². The molecule has 0 heterocycles. The molecule has 24 heavy (non-hydrogen) atoms. The fourth-order valence-corrected chi connectivity index (χ4v) is 2.34. The number of nitrogens with two attached hydrogens (primary N) is 1. The fourth-order valence-electron chi connectivity index (χ4n) is 1.70. The van der Waals surface area contributed by atoms with Crippen LogP contribution in [-0.4, -0.2) is 5.91 Å². The summed E-state index contributed by atoms with van der Waals surface area (Å²) in [6, 6.07) is 11.3. The summed E-state index contributed by atoms with van der Waals surface area (Å²) in [6.45, 7) is 0. The first-order chi connectivity index (χ1) is 11.4. The third-order valence-corrected chi connectivity index (χ3v) is 3.80. The molecule has 0 bridgehead atoms. The van der Waals surface area contributed by atoms with Crippen LogP contribution in [0.5, 0.6) is 0 Å². The number of nitriles is 1. The van der Waals surface area contributed by atoms with Gasteiger partial charge in [-0.1, -0.05) is 34.8 Å². The molecule has 2 aromatic rings. The van der Waals surface area contributed by atoms with Crippen LogP contribution in [0.15, 0.2) is 48.2 Å². The largest absolute Gasteiger partial charge is 0.398 e. The number of carbonyl (C=O) groups is 1. The molecule has 5 nitrogen and oxygen atoms in total. The number of nitrogen functional groups attached to an aromatic ring is 1. The molecule has 0 aliphatic heterocycles. The van der Waals surface area contributed by atoms with Crippen LogP contribution < -0.4 is 16.4 Å². The summed E-state index contributed by atoms with van der Waals surface area (Å²) in [5.41, 5.74) is 6.84. The van der Waals surface area contributed by atoms with E-state index in [9.17, 15) is 4.79 Å². The van der Waals surface area contributed by atoms with E-state index < -0.39 is 5.91 Å². The van der Waals surface area contributed by atoms with E-state index >= 15 is 0 Å². The number of nitrogens with one attached hydrogen (secondary N) is 2. The van der Waals surface area contributed by atoms with Crippen LogP contribution in [0.25, 0.3) is 0 Å². The van der Waals surface area contributed by atoms with E-state index in [0.29, 0.717) is 27.1 Å². The first-order valence-corrected chi connectivity index (χ1v) is 7.72. The summed E-state index contributed by atoms with van der Waals surface area (Å²) in [5, 5.41) is 15.6. The van der Waals surface area contributed by atoms with Crippen LogP contribution in [0.1, 0.15) is 0 Å². The lowest BCUT2D eigenvalue weighted by Crippen LogP contribution is -2.14. The van der Waals surface area contributed by atoms with Gasteiger partial charge in [0.15, 0.2) is 0 Å². The van der Waals surface area contributed by atoms with Crippen molar-refractivity contribution in [1.82, 2.24) is 0 Å². The molecule has 0 atom stereocenters. The van der Waals surface area contributed by atoms with Gasteiger partial charge in [0, 0.05) is 16.9 Å². The summed E-state index contributed by atoms with van der Waals surface area (Å²) in [4.78, 5) is 12.1. The van der Waals surface area contributed by atoms with Crippen LogP contribution in [0.4, 0.5) is 17.1 Å². The molecule has 0 saturated heterocycles. The highest BCUT2D eigenvalue weighted by Crippen LogP contribution is 2.26. The Bertz CT molecular complexity index is 859. The van der Waals surface area contributed by atoms with E-state index in [1.54, 1.807) is 30.3 Å². The van der Waals surface area contributed by atoms with Crippen LogP contribution in [0.3, 0.4) is 0 Å². The van der Waals surface area contributed by atoms with Gasteiger partial charge in [-0.3, -0.25) is 4.79 Å². The summed E-state index contributed by atoms with van der Waals surface area (Å²) in [5.74, 6) is -0.615. The van der Waals surface area contributed by atoms with Crippen LogP contribution in [0, 0.1) is 11.3 Å². The average Bonchev–Trinajstić information content (AvgIpc) is 2.54. The number of amides is 1. The second kappa shape index (κ2) is 7.93. The molecule has 1 amide bonds. The molecule has 0 spiro atoms. The van der Waals surface area contributed by atoms with E-state index in [1.165, 1.54) is 12.3 Å². The van der Waals surface area contributed by atoms with Gasteiger partial charge in [-0.25, -0.2) is 0 Å². The van der Waals surface area contributed by atoms with E-state index in [0.717, 1.165) is 0 Å². The summed E-state index contributed by atoms with van der Waals surface area (Å²) in [6.07, 6.45) is 1.26. The van der Waals surface area contributed by atoms with Crippen molar-refractivity contribution in [3.05, 3.63) is 63.2 Å². The van der Waals surface area contributed by atoms with Crippen molar-refractivity contribution in [2.24, 2.45) is 0 Å². The lowest BCUT2D eigenvalue weighted by molar-refractivity contribution is -0.112. The second-order valence-electron chi connectivity index (χ2n) is 4.63. The molecule has 0 unspecified atom stereocenters. The predicted octanol–water partition coefficient (Wildman–Crippen LogP) is 4.69. The molecular formula is C16H11Cl3N4O. The standard InChI is InChI=1S/C16H11Cl3N4O/c17-10-1-4-15(13(19)5-10)23-16(24)9(7-20)8-22-11-2-3-14(21)12(18)6-11/h1-6,8,22H,21H2,(H,23,24)/b9-8-. The molecule has 2 aromatic carbocycles. The first kappa shape index (κ1) is 18.0. The molecule has 122 valence electrons. The molecule has 0 fully saturated rings. The van der Waals surface area contributed by atoms with Crippen molar-refractivity contribution in [1.29, 1.82) is 5.26 Å². The van der Waals surface area contributed by atoms with Gasteiger partial charge in [0.1, 0.15) is 11.6 Å². The summed E-state index contributed by atoms with van der Waals surface area (Å²) >= 11 is 17.7.